The van der Waals surface area contributed by atoms with Gasteiger partial charge in [0.1, 0.15) is 16.7 Å². The molecular formula is C16H18F3N3O2S. The zero-order chi connectivity index (χ0) is 18.6. The second kappa shape index (κ2) is 7.73. The molecule has 0 saturated carbocycles. The number of ether oxygens (including phenoxy) is 1. The van der Waals surface area contributed by atoms with Gasteiger partial charge in [0.2, 0.25) is 0 Å². The quantitative estimate of drug-likeness (QED) is 0.890. The van der Waals surface area contributed by atoms with Gasteiger partial charge in [0.15, 0.2) is 5.13 Å². The summed E-state index contributed by atoms with van der Waals surface area (Å²) >= 11 is 1.15. The Morgan fingerprint density at radius 2 is 1.96 bits per heavy atom. The minimum Gasteiger partial charge on any atom is -0.486 e. The number of carbonyl (C=O) groups excluding carboxylic acids is 1. The minimum absolute atomic E-state index is 0.179. The van der Waals surface area contributed by atoms with Crippen molar-refractivity contribution in [2.45, 2.75) is 26.1 Å². The highest BCUT2D eigenvalue weighted by Crippen LogP contribution is 2.37. The summed E-state index contributed by atoms with van der Waals surface area (Å²) in [6, 6.07) is 5.12. The molecule has 0 bridgehead atoms. The van der Waals surface area contributed by atoms with Crippen LogP contribution in [0, 0.1) is 0 Å². The van der Waals surface area contributed by atoms with Gasteiger partial charge in [-0.2, -0.15) is 13.2 Å². The van der Waals surface area contributed by atoms with Crippen LogP contribution in [0.5, 0.6) is 5.75 Å². The lowest BCUT2D eigenvalue weighted by molar-refractivity contribution is -0.139. The summed E-state index contributed by atoms with van der Waals surface area (Å²) in [4.78, 5) is 17.2. The predicted molar refractivity (Wildman–Crippen MR) is 90.1 cm³/mol. The van der Waals surface area contributed by atoms with Gasteiger partial charge in [-0.15, -0.1) is 0 Å². The Labute approximate surface area is 147 Å². The number of hydrogen-bond acceptors (Lipinski definition) is 5. The molecule has 1 amide bonds. The van der Waals surface area contributed by atoms with Crippen molar-refractivity contribution >= 4 is 22.4 Å². The molecule has 1 fully saturated rings. The topological polar surface area (TPSA) is 68.5 Å². The lowest BCUT2D eigenvalue weighted by Gasteiger charge is -2.39. The van der Waals surface area contributed by atoms with Crippen molar-refractivity contribution in [3.63, 3.8) is 0 Å². The van der Waals surface area contributed by atoms with Crippen molar-refractivity contribution in [1.82, 2.24) is 4.98 Å². The maximum Gasteiger partial charge on any atom is 0.419 e. The summed E-state index contributed by atoms with van der Waals surface area (Å²) in [5.41, 5.74) is 4.37. The Morgan fingerprint density at radius 1 is 1.32 bits per heavy atom. The molecule has 2 N–H and O–H groups in total. The number of rotatable bonds is 4. The van der Waals surface area contributed by atoms with E-state index < -0.39 is 17.6 Å². The van der Waals surface area contributed by atoms with Crippen LogP contribution in [0.25, 0.3) is 0 Å². The number of alkyl halides is 3. The van der Waals surface area contributed by atoms with Crippen molar-refractivity contribution in [2.24, 2.45) is 5.73 Å². The fourth-order valence-corrected chi connectivity index (χ4v) is 2.96. The number of para-hydroxylation sites is 1. The van der Waals surface area contributed by atoms with Crippen LogP contribution in [-0.4, -0.2) is 30.1 Å². The summed E-state index contributed by atoms with van der Waals surface area (Å²) in [7, 11) is 0. The number of nitrogens with two attached hydrogens (primary N) is 1. The lowest BCUT2D eigenvalue weighted by atomic mass is 10.1. The molecular weight excluding hydrogens is 355 g/mol. The summed E-state index contributed by atoms with van der Waals surface area (Å²) in [6.45, 7) is 4.80. The first-order valence-electron chi connectivity index (χ1n) is 7.68. The van der Waals surface area contributed by atoms with Crippen LogP contribution in [0.1, 0.15) is 29.1 Å². The number of carbonyl (C=O) groups is 1. The van der Waals surface area contributed by atoms with E-state index in [-0.39, 0.29) is 11.9 Å². The molecule has 2 heterocycles. The Balaban J connectivity index is 0.00000109. The molecule has 3 rings (SSSR count). The number of aromatic nitrogens is 1. The molecule has 1 saturated heterocycles. The first-order chi connectivity index (χ1) is 11.8. The number of hydrogen-bond donors (Lipinski definition) is 1. The molecule has 1 aromatic carbocycles. The number of primary amides is 1. The minimum atomic E-state index is -4.45. The molecule has 1 aliphatic heterocycles. The average Bonchev–Trinajstić information content (AvgIpc) is 3.01. The SMILES string of the molecule is CC.NC(=O)c1cnc(N2CC(Oc3ccccc3C(F)(F)F)C2)s1. The van der Waals surface area contributed by atoms with Crippen molar-refractivity contribution in [2.75, 3.05) is 18.0 Å². The molecule has 0 spiro atoms. The van der Waals surface area contributed by atoms with Gasteiger partial charge in [-0.1, -0.05) is 37.3 Å². The predicted octanol–water partition coefficient (Wildman–Crippen LogP) is 3.55. The smallest absolute Gasteiger partial charge is 0.419 e. The van der Waals surface area contributed by atoms with E-state index in [2.05, 4.69) is 4.98 Å². The van der Waals surface area contributed by atoms with Crippen molar-refractivity contribution in [1.29, 1.82) is 0 Å². The maximum atomic E-state index is 12.9. The van der Waals surface area contributed by atoms with Crippen LogP contribution >= 0.6 is 11.3 Å². The number of anilines is 1. The molecule has 5 nitrogen and oxygen atoms in total. The van der Waals surface area contributed by atoms with E-state index in [1.165, 1.54) is 24.4 Å². The standard InChI is InChI=1S/C14H12F3N3O2S.C2H6/c15-14(16,17)9-3-1-2-4-10(9)22-8-6-20(7-8)13-19-5-11(23-13)12(18)21;1-2/h1-5,8H,6-7H2,(H2,18,21);1-2H3. The first-order valence-corrected chi connectivity index (χ1v) is 8.49. The van der Waals surface area contributed by atoms with E-state index in [9.17, 15) is 18.0 Å². The van der Waals surface area contributed by atoms with E-state index in [0.717, 1.165) is 17.4 Å². The number of benzene rings is 1. The zero-order valence-corrected chi connectivity index (χ0v) is 14.5. The fraction of sp³-hybridized carbons (Fsp3) is 0.375. The fourth-order valence-electron chi connectivity index (χ4n) is 2.18. The van der Waals surface area contributed by atoms with Crippen molar-refractivity contribution in [3.8, 4) is 5.75 Å². The highest BCUT2D eigenvalue weighted by molar-refractivity contribution is 7.17. The molecule has 0 aliphatic carbocycles. The molecule has 2 aromatic rings. The van der Waals surface area contributed by atoms with E-state index in [0.29, 0.717) is 23.1 Å². The van der Waals surface area contributed by atoms with E-state index in [4.69, 9.17) is 10.5 Å². The van der Waals surface area contributed by atoms with Crippen molar-refractivity contribution in [3.05, 3.63) is 40.9 Å². The molecule has 0 unspecified atom stereocenters. The number of nitrogens with zero attached hydrogens (tertiary/aromatic N) is 2. The lowest BCUT2D eigenvalue weighted by Crippen LogP contribution is -2.54. The van der Waals surface area contributed by atoms with Gasteiger partial charge in [0.05, 0.1) is 24.8 Å². The van der Waals surface area contributed by atoms with Gasteiger partial charge in [0, 0.05) is 0 Å². The van der Waals surface area contributed by atoms with Crippen LogP contribution < -0.4 is 15.4 Å². The monoisotopic (exact) mass is 373 g/mol. The Kier molecular flexibility index (Phi) is 5.89. The summed E-state index contributed by atoms with van der Waals surface area (Å²) in [5, 5.41) is 0.600. The maximum absolute atomic E-state index is 12.9. The third kappa shape index (κ3) is 4.41. The third-order valence-corrected chi connectivity index (χ3v) is 4.41. The molecule has 0 atom stereocenters. The molecule has 136 valence electrons. The normalized spacial score (nSPS) is 14.4. The van der Waals surface area contributed by atoms with Crippen LogP contribution in [0.4, 0.5) is 18.3 Å². The van der Waals surface area contributed by atoms with Crippen LogP contribution in [-0.2, 0) is 6.18 Å². The van der Waals surface area contributed by atoms with Gasteiger partial charge in [-0.25, -0.2) is 4.98 Å². The van der Waals surface area contributed by atoms with Gasteiger partial charge in [0.25, 0.3) is 5.91 Å². The molecule has 0 radical (unpaired) electrons. The Hall–Kier alpha value is -2.29. The second-order valence-electron chi connectivity index (χ2n) is 5.01. The van der Waals surface area contributed by atoms with Crippen molar-refractivity contribution < 1.29 is 22.7 Å². The van der Waals surface area contributed by atoms with Gasteiger partial charge in [-0.05, 0) is 12.1 Å². The number of halogens is 3. The summed E-state index contributed by atoms with van der Waals surface area (Å²) in [5.74, 6) is -0.734. The number of thiazole rings is 1. The Morgan fingerprint density at radius 3 is 2.52 bits per heavy atom. The summed E-state index contributed by atoms with van der Waals surface area (Å²) in [6.07, 6.45) is -3.43. The molecule has 9 heteroatoms. The highest BCUT2D eigenvalue weighted by atomic mass is 32.1. The number of amides is 1. The van der Waals surface area contributed by atoms with Crippen LogP contribution in [0.15, 0.2) is 30.5 Å². The van der Waals surface area contributed by atoms with Gasteiger partial charge < -0.3 is 15.4 Å². The largest absolute Gasteiger partial charge is 0.486 e. The van der Waals surface area contributed by atoms with E-state index in [1.54, 1.807) is 0 Å². The van der Waals surface area contributed by atoms with Crippen LogP contribution in [0.2, 0.25) is 0 Å². The van der Waals surface area contributed by atoms with E-state index in [1.807, 2.05) is 18.7 Å². The average molecular weight is 373 g/mol. The zero-order valence-electron chi connectivity index (χ0n) is 13.7. The second-order valence-corrected chi connectivity index (χ2v) is 6.02. The first kappa shape index (κ1) is 19.0. The molecule has 1 aromatic heterocycles. The third-order valence-electron chi connectivity index (χ3n) is 3.34. The van der Waals surface area contributed by atoms with Gasteiger partial charge >= 0.3 is 6.18 Å². The van der Waals surface area contributed by atoms with Crippen LogP contribution in [0.3, 0.4) is 0 Å². The van der Waals surface area contributed by atoms with E-state index >= 15 is 0 Å². The Bertz CT molecular complexity index is 727. The molecule has 1 aliphatic rings. The highest BCUT2D eigenvalue weighted by Gasteiger charge is 2.37. The summed E-state index contributed by atoms with van der Waals surface area (Å²) < 4.78 is 44.1. The van der Waals surface area contributed by atoms with Gasteiger partial charge in [-0.3, -0.25) is 4.79 Å². The molecule has 25 heavy (non-hydrogen) atoms.